The highest BCUT2D eigenvalue weighted by atomic mass is 32.1. The molecule has 32 heavy (non-hydrogen) atoms. The number of para-hydroxylation sites is 1. The fraction of sp³-hybridized carbons (Fsp3) is 0.0476. The Balaban J connectivity index is 1.67. The highest BCUT2D eigenvalue weighted by Gasteiger charge is 2.29. The number of benzene rings is 2. The standard InChI is InChI=1S/C21H14N4O6S/c1-28-17-12(30-21(27)15-16(25-31-19(15)23)20-24-6-7-32-20)8-11-13(14(17)18(22)26)9-4-2-3-5-10(9)29-11/h2-8H,23H2,1H3,(H2,22,26). The minimum absolute atomic E-state index is 0.0178. The molecular weight excluding hydrogens is 436 g/mol. The Morgan fingerprint density at radius 3 is 2.69 bits per heavy atom. The Morgan fingerprint density at radius 2 is 1.97 bits per heavy atom. The van der Waals surface area contributed by atoms with Gasteiger partial charge in [-0.3, -0.25) is 4.79 Å². The van der Waals surface area contributed by atoms with Crippen LogP contribution in [0.15, 0.2) is 50.8 Å². The summed E-state index contributed by atoms with van der Waals surface area (Å²) in [4.78, 5) is 29.5. The molecule has 0 spiro atoms. The minimum atomic E-state index is -0.877. The molecule has 11 heteroatoms. The number of aromatic nitrogens is 2. The summed E-state index contributed by atoms with van der Waals surface area (Å²) < 4.78 is 21.8. The van der Waals surface area contributed by atoms with E-state index in [1.54, 1.807) is 35.8 Å². The van der Waals surface area contributed by atoms with Gasteiger partial charge in [-0.2, -0.15) is 0 Å². The average Bonchev–Trinajstić information content (AvgIpc) is 3.50. The second-order valence-electron chi connectivity index (χ2n) is 6.62. The van der Waals surface area contributed by atoms with Crippen LogP contribution >= 0.6 is 11.3 Å². The number of nitrogens with zero attached hydrogens (tertiary/aromatic N) is 2. The molecule has 160 valence electrons. The second-order valence-corrected chi connectivity index (χ2v) is 7.51. The van der Waals surface area contributed by atoms with Crippen molar-refractivity contribution in [3.05, 3.63) is 53.0 Å². The number of rotatable bonds is 5. The smallest absolute Gasteiger partial charge is 0.351 e. The van der Waals surface area contributed by atoms with Crippen molar-refractivity contribution in [1.82, 2.24) is 10.1 Å². The summed E-state index contributed by atoms with van der Waals surface area (Å²) in [5, 5.41) is 7.08. The van der Waals surface area contributed by atoms with Gasteiger partial charge in [0, 0.05) is 28.4 Å². The van der Waals surface area contributed by atoms with E-state index in [1.165, 1.54) is 24.5 Å². The molecule has 0 aliphatic carbocycles. The third kappa shape index (κ3) is 2.94. The van der Waals surface area contributed by atoms with E-state index in [4.69, 9.17) is 29.9 Å². The molecule has 4 N–H and O–H groups in total. The molecule has 0 saturated heterocycles. The zero-order valence-corrected chi connectivity index (χ0v) is 17.3. The van der Waals surface area contributed by atoms with Gasteiger partial charge in [0.15, 0.2) is 22.8 Å². The van der Waals surface area contributed by atoms with Crippen LogP contribution in [0.2, 0.25) is 0 Å². The molecule has 0 unspecified atom stereocenters. The number of methoxy groups -OCH3 is 1. The molecule has 1 amide bonds. The van der Waals surface area contributed by atoms with E-state index in [2.05, 4.69) is 10.1 Å². The number of thiazole rings is 1. The van der Waals surface area contributed by atoms with E-state index in [0.29, 0.717) is 26.9 Å². The lowest BCUT2D eigenvalue weighted by atomic mass is 10.0. The Hall–Kier alpha value is -4.38. The number of hydrogen-bond acceptors (Lipinski definition) is 10. The quantitative estimate of drug-likeness (QED) is 0.301. The van der Waals surface area contributed by atoms with Crippen molar-refractivity contribution in [2.45, 2.75) is 0 Å². The minimum Gasteiger partial charge on any atom is -0.492 e. The van der Waals surface area contributed by atoms with Gasteiger partial charge in [0.05, 0.1) is 12.7 Å². The summed E-state index contributed by atoms with van der Waals surface area (Å²) in [6.07, 6.45) is 1.55. The van der Waals surface area contributed by atoms with Crippen molar-refractivity contribution in [2.24, 2.45) is 5.73 Å². The summed E-state index contributed by atoms with van der Waals surface area (Å²) in [6.45, 7) is 0. The third-order valence-corrected chi connectivity index (χ3v) is 5.58. The maximum Gasteiger partial charge on any atom is 0.351 e. The van der Waals surface area contributed by atoms with Crippen LogP contribution in [-0.4, -0.2) is 29.1 Å². The van der Waals surface area contributed by atoms with Gasteiger partial charge in [0.25, 0.3) is 5.91 Å². The number of fused-ring (bicyclic) bond motifs is 3. The van der Waals surface area contributed by atoms with Crippen molar-refractivity contribution in [1.29, 1.82) is 0 Å². The molecule has 0 atom stereocenters. The molecule has 5 aromatic rings. The van der Waals surface area contributed by atoms with Gasteiger partial charge in [0.2, 0.25) is 5.88 Å². The van der Waals surface area contributed by atoms with Crippen molar-refractivity contribution >= 4 is 51.0 Å². The Labute approximate surface area is 183 Å². The predicted octanol–water partition coefficient (Wildman–Crippen LogP) is 3.61. The first-order valence-corrected chi connectivity index (χ1v) is 10.1. The van der Waals surface area contributed by atoms with Crippen LogP contribution in [-0.2, 0) is 0 Å². The predicted molar refractivity (Wildman–Crippen MR) is 116 cm³/mol. The van der Waals surface area contributed by atoms with Crippen molar-refractivity contribution in [3.63, 3.8) is 0 Å². The van der Waals surface area contributed by atoms with E-state index < -0.39 is 11.9 Å². The van der Waals surface area contributed by atoms with Crippen molar-refractivity contribution in [3.8, 4) is 22.2 Å². The molecule has 0 radical (unpaired) electrons. The molecule has 0 aliphatic heterocycles. The Kier molecular flexibility index (Phi) is 4.52. The van der Waals surface area contributed by atoms with Gasteiger partial charge >= 0.3 is 5.97 Å². The molecule has 0 bridgehead atoms. The molecule has 3 aromatic heterocycles. The lowest BCUT2D eigenvalue weighted by Crippen LogP contribution is -2.16. The number of esters is 1. The molecule has 0 fully saturated rings. The number of nitrogen functional groups attached to an aromatic ring is 1. The number of amides is 1. The molecule has 5 rings (SSSR count). The van der Waals surface area contributed by atoms with Gasteiger partial charge in [-0.1, -0.05) is 23.4 Å². The highest BCUT2D eigenvalue weighted by molar-refractivity contribution is 7.13. The summed E-state index contributed by atoms with van der Waals surface area (Å²) in [5.74, 6) is -1.99. The summed E-state index contributed by atoms with van der Waals surface area (Å²) in [5.41, 5.74) is 12.4. The number of furan rings is 1. The van der Waals surface area contributed by atoms with Crippen LogP contribution in [0.5, 0.6) is 11.5 Å². The van der Waals surface area contributed by atoms with Crippen LogP contribution in [0.3, 0.4) is 0 Å². The molecular formula is C21H14N4O6S. The highest BCUT2D eigenvalue weighted by Crippen LogP contribution is 2.42. The first-order chi connectivity index (χ1) is 15.5. The van der Waals surface area contributed by atoms with E-state index in [0.717, 1.165) is 0 Å². The topological polar surface area (TPSA) is 157 Å². The SMILES string of the molecule is COc1c(OC(=O)c2c(-c3nccs3)noc2N)cc2oc3ccccc3c2c1C(N)=O. The van der Waals surface area contributed by atoms with E-state index >= 15 is 0 Å². The fourth-order valence-electron chi connectivity index (χ4n) is 3.50. The molecule has 0 saturated carbocycles. The van der Waals surface area contributed by atoms with Crippen LogP contribution in [0.25, 0.3) is 32.6 Å². The van der Waals surface area contributed by atoms with Crippen LogP contribution < -0.4 is 20.9 Å². The normalized spacial score (nSPS) is 11.2. The van der Waals surface area contributed by atoms with Gasteiger partial charge in [-0.15, -0.1) is 11.3 Å². The first-order valence-electron chi connectivity index (χ1n) is 9.18. The zero-order chi connectivity index (χ0) is 22.4. The fourth-order valence-corrected chi connectivity index (χ4v) is 4.12. The molecule has 0 aliphatic rings. The maximum absolute atomic E-state index is 13.0. The lowest BCUT2D eigenvalue weighted by Gasteiger charge is -2.13. The molecule has 10 nitrogen and oxygen atoms in total. The summed E-state index contributed by atoms with van der Waals surface area (Å²) in [7, 11) is 1.34. The monoisotopic (exact) mass is 450 g/mol. The van der Waals surface area contributed by atoms with Crippen LogP contribution in [0.4, 0.5) is 5.88 Å². The summed E-state index contributed by atoms with van der Waals surface area (Å²) in [6, 6.07) is 8.58. The number of anilines is 1. The Morgan fingerprint density at radius 1 is 1.16 bits per heavy atom. The van der Waals surface area contributed by atoms with E-state index in [-0.39, 0.29) is 34.2 Å². The third-order valence-electron chi connectivity index (χ3n) is 4.80. The number of nitrogens with two attached hydrogens (primary N) is 2. The van der Waals surface area contributed by atoms with Crippen molar-refractivity contribution < 1.29 is 28.0 Å². The van der Waals surface area contributed by atoms with Crippen LogP contribution in [0.1, 0.15) is 20.7 Å². The van der Waals surface area contributed by atoms with E-state index in [1.807, 2.05) is 0 Å². The van der Waals surface area contributed by atoms with E-state index in [9.17, 15) is 9.59 Å². The Bertz CT molecular complexity index is 1500. The number of ether oxygens (including phenoxy) is 2. The molecule has 2 aromatic carbocycles. The van der Waals surface area contributed by atoms with Gasteiger partial charge in [-0.05, 0) is 6.07 Å². The number of hydrogen-bond donors (Lipinski definition) is 2. The largest absolute Gasteiger partial charge is 0.492 e. The maximum atomic E-state index is 13.0. The van der Waals surface area contributed by atoms with Crippen molar-refractivity contribution in [2.75, 3.05) is 12.8 Å². The average molecular weight is 450 g/mol. The van der Waals surface area contributed by atoms with Gasteiger partial charge in [0.1, 0.15) is 16.2 Å². The second kappa shape index (κ2) is 7.39. The number of primary amides is 1. The zero-order valence-electron chi connectivity index (χ0n) is 16.4. The number of carbonyl (C=O) groups is 2. The first kappa shape index (κ1) is 19.6. The van der Waals surface area contributed by atoms with Gasteiger partial charge in [-0.25, -0.2) is 9.78 Å². The summed E-state index contributed by atoms with van der Waals surface area (Å²) >= 11 is 1.25. The lowest BCUT2D eigenvalue weighted by molar-refractivity contribution is 0.0729. The number of carbonyl (C=O) groups excluding carboxylic acids is 2. The van der Waals surface area contributed by atoms with Crippen LogP contribution in [0, 0.1) is 0 Å². The van der Waals surface area contributed by atoms with Gasteiger partial charge < -0.3 is 29.9 Å². The molecule has 3 heterocycles.